The maximum Gasteiger partial charge on any atom is 0.0701 e. The molecule has 0 amide bonds. The van der Waals surface area contributed by atoms with Crippen LogP contribution >= 0.6 is 0 Å². The van der Waals surface area contributed by atoms with Crippen molar-refractivity contribution in [3.8, 4) is 0 Å². The fraction of sp³-hybridized carbons (Fsp3) is 1.00. The second kappa shape index (κ2) is 8.08. The Kier molecular flexibility index (Phi) is 6.98. The third kappa shape index (κ3) is 6.88. The van der Waals surface area contributed by atoms with Crippen LogP contribution in [0, 0.1) is 5.92 Å². The van der Waals surface area contributed by atoms with Crippen molar-refractivity contribution in [2.45, 2.75) is 39.2 Å². The van der Waals surface area contributed by atoms with Crippen LogP contribution in [0.4, 0.5) is 0 Å². The highest BCUT2D eigenvalue weighted by atomic mass is 16.5. The van der Waals surface area contributed by atoms with E-state index in [2.05, 4.69) is 19.2 Å². The molecule has 0 aromatic heterocycles. The molecule has 0 aromatic rings. The number of hydrogen-bond acceptors (Lipinski definition) is 3. The van der Waals surface area contributed by atoms with E-state index in [9.17, 15) is 0 Å². The molecule has 0 saturated carbocycles. The van der Waals surface area contributed by atoms with Gasteiger partial charge in [-0.15, -0.1) is 0 Å². The highest BCUT2D eigenvalue weighted by Crippen LogP contribution is 2.06. The van der Waals surface area contributed by atoms with Crippen LogP contribution in [0.15, 0.2) is 0 Å². The Morgan fingerprint density at radius 3 is 2.67 bits per heavy atom. The second-order valence-corrected chi connectivity index (χ2v) is 4.69. The van der Waals surface area contributed by atoms with Gasteiger partial charge in [0.2, 0.25) is 0 Å². The molecular weight excluding hydrogens is 190 g/mol. The molecule has 0 bridgehead atoms. The lowest BCUT2D eigenvalue weighted by atomic mass is 10.1. The third-order valence-corrected chi connectivity index (χ3v) is 2.55. The van der Waals surface area contributed by atoms with Crippen LogP contribution in [0.2, 0.25) is 0 Å². The number of hydrogen-bond donors (Lipinski definition) is 1. The van der Waals surface area contributed by atoms with Gasteiger partial charge in [-0.25, -0.2) is 0 Å². The molecule has 0 spiro atoms. The molecule has 1 rings (SSSR count). The van der Waals surface area contributed by atoms with Crippen molar-refractivity contribution in [3.63, 3.8) is 0 Å². The fourth-order valence-corrected chi connectivity index (χ4v) is 1.73. The monoisotopic (exact) mass is 215 g/mol. The molecule has 1 unspecified atom stereocenters. The van der Waals surface area contributed by atoms with Crippen LogP contribution in [0.1, 0.15) is 33.1 Å². The van der Waals surface area contributed by atoms with Crippen molar-refractivity contribution in [2.24, 2.45) is 5.92 Å². The van der Waals surface area contributed by atoms with Gasteiger partial charge in [-0.1, -0.05) is 20.3 Å². The topological polar surface area (TPSA) is 30.5 Å². The third-order valence-electron chi connectivity index (χ3n) is 2.55. The van der Waals surface area contributed by atoms with Crippen molar-refractivity contribution < 1.29 is 9.47 Å². The van der Waals surface area contributed by atoms with E-state index in [0.29, 0.717) is 12.0 Å². The van der Waals surface area contributed by atoms with Gasteiger partial charge in [0.25, 0.3) is 0 Å². The average Bonchev–Trinajstić information content (AvgIpc) is 2.24. The summed E-state index contributed by atoms with van der Waals surface area (Å²) >= 11 is 0. The minimum Gasteiger partial charge on any atom is -0.379 e. The summed E-state index contributed by atoms with van der Waals surface area (Å²) in [6.45, 7) is 8.60. The Labute approximate surface area is 93.5 Å². The zero-order valence-electron chi connectivity index (χ0n) is 10.1. The molecule has 1 heterocycles. The molecular formula is C12H25NO2. The molecule has 3 nitrogen and oxygen atoms in total. The summed E-state index contributed by atoms with van der Waals surface area (Å²) in [5.41, 5.74) is 0. The first kappa shape index (κ1) is 12.9. The first-order chi connectivity index (χ1) is 7.29. The van der Waals surface area contributed by atoms with Gasteiger partial charge >= 0.3 is 0 Å². The van der Waals surface area contributed by atoms with Crippen LogP contribution < -0.4 is 5.32 Å². The first-order valence-electron chi connectivity index (χ1n) is 6.18. The molecule has 15 heavy (non-hydrogen) atoms. The van der Waals surface area contributed by atoms with Crippen LogP contribution in [0.3, 0.4) is 0 Å². The second-order valence-electron chi connectivity index (χ2n) is 4.69. The molecule has 1 aliphatic rings. The van der Waals surface area contributed by atoms with Gasteiger partial charge in [0.15, 0.2) is 0 Å². The van der Waals surface area contributed by atoms with Crippen LogP contribution in [-0.4, -0.2) is 39.0 Å². The summed E-state index contributed by atoms with van der Waals surface area (Å²) in [6.07, 6.45) is 3.91. The van der Waals surface area contributed by atoms with Gasteiger partial charge in [-0.05, 0) is 25.3 Å². The maximum atomic E-state index is 5.57. The molecule has 3 heteroatoms. The Bertz CT molecular complexity index is 145. The molecule has 1 atom stereocenters. The Morgan fingerprint density at radius 1 is 1.20 bits per heavy atom. The smallest absolute Gasteiger partial charge is 0.0701 e. The highest BCUT2D eigenvalue weighted by molar-refractivity contribution is 4.71. The van der Waals surface area contributed by atoms with Crippen molar-refractivity contribution in [1.29, 1.82) is 0 Å². The molecule has 90 valence electrons. The molecule has 1 N–H and O–H groups in total. The summed E-state index contributed by atoms with van der Waals surface area (Å²) in [6, 6.07) is 0.573. The summed E-state index contributed by atoms with van der Waals surface area (Å²) in [7, 11) is 0. The van der Waals surface area contributed by atoms with Gasteiger partial charge in [-0.2, -0.15) is 0 Å². The standard InChI is InChI=1S/C12H25NO2/c1-11(2)9-14-7-8-15-10-12-5-3-4-6-13-12/h11-13H,3-10H2,1-2H3. The summed E-state index contributed by atoms with van der Waals surface area (Å²) in [5, 5.41) is 3.46. The van der Waals surface area contributed by atoms with Crippen LogP contribution in [0.5, 0.6) is 0 Å². The van der Waals surface area contributed by atoms with E-state index in [1.807, 2.05) is 0 Å². The minimum absolute atomic E-state index is 0.573. The Balaban J connectivity index is 1.83. The lowest BCUT2D eigenvalue weighted by Crippen LogP contribution is -2.37. The van der Waals surface area contributed by atoms with Crippen molar-refractivity contribution in [2.75, 3.05) is 33.0 Å². The Hall–Kier alpha value is -0.120. The van der Waals surface area contributed by atoms with E-state index in [-0.39, 0.29) is 0 Å². The number of piperidine rings is 1. The average molecular weight is 215 g/mol. The van der Waals surface area contributed by atoms with E-state index in [0.717, 1.165) is 33.0 Å². The maximum absolute atomic E-state index is 5.57. The minimum atomic E-state index is 0.573. The van der Waals surface area contributed by atoms with Crippen molar-refractivity contribution in [1.82, 2.24) is 5.32 Å². The number of ether oxygens (including phenoxy) is 2. The summed E-state index contributed by atoms with van der Waals surface area (Å²) in [4.78, 5) is 0. The SMILES string of the molecule is CC(C)COCCOCC1CCCCN1. The van der Waals surface area contributed by atoms with Gasteiger partial charge in [0.1, 0.15) is 0 Å². The number of nitrogens with one attached hydrogen (secondary N) is 1. The lowest BCUT2D eigenvalue weighted by Gasteiger charge is -2.23. The fourth-order valence-electron chi connectivity index (χ4n) is 1.73. The molecule has 0 aromatic carbocycles. The largest absolute Gasteiger partial charge is 0.379 e. The van der Waals surface area contributed by atoms with E-state index >= 15 is 0 Å². The molecule has 1 saturated heterocycles. The first-order valence-corrected chi connectivity index (χ1v) is 6.18. The van der Waals surface area contributed by atoms with Crippen LogP contribution in [-0.2, 0) is 9.47 Å². The van der Waals surface area contributed by atoms with E-state index in [1.54, 1.807) is 0 Å². The highest BCUT2D eigenvalue weighted by Gasteiger charge is 2.11. The zero-order valence-corrected chi connectivity index (χ0v) is 10.1. The normalized spacial score (nSPS) is 22.2. The Morgan fingerprint density at radius 2 is 2.00 bits per heavy atom. The molecule has 1 fully saturated rings. The van der Waals surface area contributed by atoms with Gasteiger partial charge in [0, 0.05) is 12.6 Å². The quantitative estimate of drug-likeness (QED) is 0.657. The van der Waals surface area contributed by atoms with E-state index < -0.39 is 0 Å². The molecule has 0 aliphatic carbocycles. The summed E-state index contributed by atoms with van der Waals surface area (Å²) < 4.78 is 11.0. The van der Waals surface area contributed by atoms with E-state index in [1.165, 1.54) is 19.3 Å². The van der Waals surface area contributed by atoms with Gasteiger partial charge in [0.05, 0.1) is 19.8 Å². The van der Waals surface area contributed by atoms with E-state index in [4.69, 9.17) is 9.47 Å². The van der Waals surface area contributed by atoms with Crippen molar-refractivity contribution in [3.05, 3.63) is 0 Å². The predicted molar refractivity (Wildman–Crippen MR) is 62.1 cm³/mol. The number of rotatable bonds is 7. The zero-order chi connectivity index (χ0) is 10.9. The lowest BCUT2D eigenvalue weighted by molar-refractivity contribution is 0.0280. The van der Waals surface area contributed by atoms with Gasteiger partial charge < -0.3 is 14.8 Å². The van der Waals surface area contributed by atoms with Gasteiger partial charge in [-0.3, -0.25) is 0 Å². The molecule has 1 aliphatic heterocycles. The molecule has 0 radical (unpaired) electrons. The summed E-state index contributed by atoms with van der Waals surface area (Å²) in [5.74, 6) is 0.616. The van der Waals surface area contributed by atoms with Crippen molar-refractivity contribution >= 4 is 0 Å². The predicted octanol–water partition coefficient (Wildman–Crippen LogP) is 1.82. The van der Waals surface area contributed by atoms with Crippen LogP contribution in [0.25, 0.3) is 0 Å².